The van der Waals surface area contributed by atoms with E-state index in [2.05, 4.69) is 30.1 Å². The third-order valence-electron chi connectivity index (χ3n) is 2.47. The summed E-state index contributed by atoms with van der Waals surface area (Å²) in [7, 11) is 0. The third kappa shape index (κ3) is 2.84. The Bertz CT molecular complexity index is 492. The quantitative estimate of drug-likeness (QED) is 0.812. The van der Waals surface area contributed by atoms with Gasteiger partial charge in [0.25, 0.3) is 0 Å². The summed E-state index contributed by atoms with van der Waals surface area (Å²) < 4.78 is 10.6. The van der Waals surface area contributed by atoms with Crippen LogP contribution in [0, 0.1) is 6.92 Å². The maximum absolute atomic E-state index is 5.71. The van der Waals surface area contributed by atoms with Crippen LogP contribution < -0.4 is 4.74 Å². The highest BCUT2D eigenvalue weighted by atomic mass is 16.5. The number of ether oxygens (including phenoxy) is 1. The largest absolute Gasteiger partial charge is 0.485 e. The molecule has 1 aromatic carbocycles. The van der Waals surface area contributed by atoms with Crippen LogP contribution in [-0.4, -0.2) is 10.1 Å². The van der Waals surface area contributed by atoms with Crippen molar-refractivity contribution in [3.05, 3.63) is 41.5 Å². The van der Waals surface area contributed by atoms with Crippen molar-refractivity contribution in [2.45, 2.75) is 33.3 Å². The minimum Gasteiger partial charge on any atom is -0.485 e. The van der Waals surface area contributed by atoms with E-state index in [-0.39, 0.29) is 0 Å². The van der Waals surface area contributed by atoms with Crippen LogP contribution >= 0.6 is 0 Å². The standard InChI is InChI=1S/C13H16N2O2/c1-9(2)11-6-4-5-7-12(11)16-8-13-14-10(3)17-15-13/h4-7,9H,8H2,1-3H3. The summed E-state index contributed by atoms with van der Waals surface area (Å²) in [6, 6.07) is 8.01. The van der Waals surface area contributed by atoms with Crippen molar-refractivity contribution in [1.29, 1.82) is 0 Å². The number of benzene rings is 1. The molecule has 90 valence electrons. The van der Waals surface area contributed by atoms with E-state index < -0.39 is 0 Å². The molecule has 0 amide bonds. The van der Waals surface area contributed by atoms with Crippen molar-refractivity contribution in [1.82, 2.24) is 10.1 Å². The Balaban J connectivity index is 2.08. The van der Waals surface area contributed by atoms with E-state index in [1.165, 1.54) is 5.56 Å². The normalized spacial score (nSPS) is 10.8. The average molecular weight is 232 g/mol. The van der Waals surface area contributed by atoms with Gasteiger partial charge in [-0.15, -0.1) is 0 Å². The number of aryl methyl sites for hydroxylation is 1. The topological polar surface area (TPSA) is 48.2 Å². The number of para-hydroxylation sites is 1. The molecule has 4 heteroatoms. The number of rotatable bonds is 4. The molecular weight excluding hydrogens is 216 g/mol. The highest BCUT2D eigenvalue weighted by Gasteiger charge is 2.08. The summed E-state index contributed by atoms with van der Waals surface area (Å²) in [5, 5.41) is 3.79. The predicted octanol–water partition coefficient (Wildman–Crippen LogP) is 3.08. The van der Waals surface area contributed by atoms with Crippen LogP contribution in [-0.2, 0) is 6.61 Å². The Hall–Kier alpha value is -1.84. The molecule has 0 radical (unpaired) electrons. The first-order valence-corrected chi connectivity index (χ1v) is 5.67. The van der Waals surface area contributed by atoms with E-state index in [1.807, 2.05) is 18.2 Å². The first-order valence-electron chi connectivity index (χ1n) is 5.67. The molecule has 4 nitrogen and oxygen atoms in total. The highest BCUT2D eigenvalue weighted by Crippen LogP contribution is 2.26. The van der Waals surface area contributed by atoms with Gasteiger partial charge in [-0.2, -0.15) is 4.98 Å². The van der Waals surface area contributed by atoms with Crippen LogP contribution in [0.5, 0.6) is 5.75 Å². The molecular formula is C13H16N2O2. The second-order valence-electron chi connectivity index (χ2n) is 4.21. The zero-order valence-electron chi connectivity index (χ0n) is 10.3. The summed E-state index contributed by atoms with van der Waals surface area (Å²) in [6.07, 6.45) is 0. The van der Waals surface area contributed by atoms with E-state index in [4.69, 9.17) is 9.26 Å². The summed E-state index contributed by atoms with van der Waals surface area (Å²) in [4.78, 5) is 4.10. The summed E-state index contributed by atoms with van der Waals surface area (Å²) >= 11 is 0. The Morgan fingerprint density at radius 1 is 1.29 bits per heavy atom. The van der Waals surface area contributed by atoms with E-state index in [0.29, 0.717) is 24.2 Å². The summed E-state index contributed by atoms with van der Waals surface area (Å²) in [6.45, 7) is 6.38. The molecule has 0 unspecified atom stereocenters. The van der Waals surface area contributed by atoms with Crippen molar-refractivity contribution in [2.24, 2.45) is 0 Å². The molecule has 0 saturated carbocycles. The van der Waals surface area contributed by atoms with Gasteiger partial charge >= 0.3 is 0 Å². The highest BCUT2D eigenvalue weighted by molar-refractivity contribution is 5.35. The molecule has 1 aromatic heterocycles. The van der Waals surface area contributed by atoms with Crippen LogP contribution in [0.15, 0.2) is 28.8 Å². The van der Waals surface area contributed by atoms with Crippen LogP contribution in [0.4, 0.5) is 0 Å². The monoisotopic (exact) mass is 232 g/mol. The van der Waals surface area contributed by atoms with Gasteiger partial charge in [-0.25, -0.2) is 0 Å². The SMILES string of the molecule is Cc1nc(COc2ccccc2C(C)C)no1. The molecule has 0 atom stereocenters. The maximum Gasteiger partial charge on any atom is 0.223 e. The Morgan fingerprint density at radius 3 is 2.71 bits per heavy atom. The molecule has 0 saturated heterocycles. The minimum atomic E-state index is 0.334. The van der Waals surface area contributed by atoms with Gasteiger partial charge in [0, 0.05) is 6.92 Å². The van der Waals surface area contributed by atoms with Gasteiger partial charge in [0.2, 0.25) is 11.7 Å². The second kappa shape index (κ2) is 4.99. The van der Waals surface area contributed by atoms with Gasteiger partial charge in [0.1, 0.15) is 5.75 Å². The molecule has 0 spiro atoms. The van der Waals surface area contributed by atoms with Crippen molar-refractivity contribution in [3.8, 4) is 5.75 Å². The second-order valence-corrected chi connectivity index (χ2v) is 4.21. The lowest BCUT2D eigenvalue weighted by molar-refractivity contribution is 0.282. The molecule has 0 bridgehead atoms. The molecule has 2 aromatic rings. The van der Waals surface area contributed by atoms with Gasteiger partial charge in [0.05, 0.1) is 0 Å². The molecule has 0 N–H and O–H groups in total. The number of aromatic nitrogens is 2. The molecule has 0 aliphatic heterocycles. The molecule has 17 heavy (non-hydrogen) atoms. The lowest BCUT2D eigenvalue weighted by Gasteiger charge is -2.12. The summed E-state index contributed by atoms with van der Waals surface area (Å²) in [5.74, 6) is 2.44. The first kappa shape index (κ1) is 11.6. The third-order valence-corrected chi connectivity index (χ3v) is 2.47. The van der Waals surface area contributed by atoms with Crippen LogP contribution in [0.2, 0.25) is 0 Å². The van der Waals surface area contributed by atoms with Gasteiger partial charge in [-0.05, 0) is 17.5 Å². The van der Waals surface area contributed by atoms with Gasteiger partial charge < -0.3 is 9.26 Å². The zero-order valence-corrected chi connectivity index (χ0v) is 10.3. The minimum absolute atomic E-state index is 0.334. The molecule has 0 aliphatic carbocycles. The van der Waals surface area contributed by atoms with Crippen LogP contribution in [0.1, 0.15) is 37.0 Å². The fourth-order valence-electron chi connectivity index (χ4n) is 1.63. The fourth-order valence-corrected chi connectivity index (χ4v) is 1.63. The molecule has 1 heterocycles. The Labute approximate surface area is 101 Å². The van der Waals surface area contributed by atoms with Crippen molar-refractivity contribution < 1.29 is 9.26 Å². The van der Waals surface area contributed by atoms with E-state index in [9.17, 15) is 0 Å². The first-order chi connectivity index (χ1) is 8.16. The van der Waals surface area contributed by atoms with Crippen molar-refractivity contribution in [3.63, 3.8) is 0 Å². The van der Waals surface area contributed by atoms with Crippen LogP contribution in [0.25, 0.3) is 0 Å². The molecule has 0 fully saturated rings. The van der Waals surface area contributed by atoms with Gasteiger partial charge in [0.15, 0.2) is 6.61 Å². The van der Waals surface area contributed by atoms with E-state index >= 15 is 0 Å². The lowest BCUT2D eigenvalue weighted by Crippen LogP contribution is -2.01. The maximum atomic E-state index is 5.71. The van der Waals surface area contributed by atoms with Crippen molar-refractivity contribution in [2.75, 3.05) is 0 Å². The van der Waals surface area contributed by atoms with Crippen LogP contribution in [0.3, 0.4) is 0 Å². The average Bonchev–Trinajstić information content (AvgIpc) is 2.73. The van der Waals surface area contributed by atoms with E-state index in [0.717, 1.165) is 5.75 Å². The summed E-state index contributed by atoms with van der Waals surface area (Å²) in [5.41, 5.74) is 1.19. The number of nitrogens with zero attached hydrogens (tertiary/aromatic N) is 2. The zero-order chi connectivity index (χ0) is 12.3. The Kier molecular flexibility index (Phi) is 3.42. The Morgan fingerprint density at radius 2 is 2.06 bits per heavy atom. The lowest BCUT2D eigenvalue weighted by atomic mass is 10.0. The van der Waals surface area contributed by atoms with E-state index in [1.54, 1.807) is 6.92 Å². The number of hydrogen-bond donors (Lipinski definition) is 0. The molecule has 0 aliphatic rings. The van der Waals surface area contributed by atoms with Gasteiger partial charge in [-0.3, -0.25) is 0 Å². The number of hydrogen-bond acceptors (Lipinski definition) is 4. The fraction of sp³-hybridized carbons (Fsp3) is 0.385. The van der Waals surface area contributed by atoms with Crippen molar-refractivity contribution >= 4 is 0 Å². The predicted molar refractivity (Wildman–Crippen MR) is 63.9 cm³/mol. The smallest absolute Gasteiger partial charge is 0.223 e. The van der Waals surface area contributed by atoms with Gasteiger partial charge in [-0.1, -0.05) is 37.2 Å². The molecule has 2 rings (SSSR count).